The van der Waals surface area contributed by atoms with E-state index in [1.54, 1.807) is 18.2 Å². The zero-order valence-electron chi connectivity index (χ0n) is 10.6. The summed E-state index contributed by atoms with van der Waals surface area (Å²) in [5.41, 5.74) is 11.5. The lowest BCUT2D eigenvalue weighted by molar-refractivity contribution is 0.100. The smallest absolute Gasteiger partial charge is 0.250 e. The van der Waals surface area contributed by atoms with Gasteiger partial charge in [0.05, 0.1) is 10.6 Å². The van der Waals surface area contributed by atoms with E-state index in [0.29, 0.717) is 5.02 Å². The molecule has 0 unspecified atom stereocenters. The van der Waals surface area contributed by atoms with Crippen LogP contribution >= 0.6 is 11.6 Å². The molecular weight excluding hydrogens is 283 g/mol. The molecule has 0 atom stereocenters. The molecule has 0 aliphatic heterocycles. The van der Waals surface area contributed by atoms with Crippen molar-refractivity contribution < 1.29 is 13.9 Å². The highest BCUT2D eigenvalue weighted by Gasteiger charge is 2.14. The third-order valence-corrected chi connectivity index (χ3v) is 2.99. The summed E-state index contributed by atoms with van der Waals surface area (Å²) in [5.74, 6) is -1.35. The largest absolute Gasteiger partial charge is 0.453 e. The Morgan fingerprint density at radius 3 is 2.60 bits per heavy atom. The van der Waals surface area contributed by atoms with E-state index in [2.05, 4.69) is 0 Å². The van der Waals surface area contributed by atoms with Crippen LogP contribution in [0.15, 0.2) is 30.3 Å². The molecule has 4 N–H and O–H groups in total. The standard InChI is InChI=1S/C14H12ClFN2O2/c1-7-2-3-9(15)12(4-7)20-13-5-8(14(18)19)11(17)6-10(13)16/h2-6H,17H2,1H3,(H2,18,19). The molecule has 0 saturated carbocycles. The Morgan fingerprint density at radius 1 is 1.25 bits per heavy atom. The molecule has 2 rings (SSSR count). The number of anilines is 1. The molecule has 0 heterocycles. The van der Waals surface area contributed by atoms with Crippen LogP contribution in [0.3, 0.4) is 0 Å². The number of primary amides is 1. The summed E-state index contributed by atoms with van der Waals surface area (Å²) >= 11 is 5.97. The van der Waals surface area contributed by atoms with Crippen molar-refractivity contribution in [2.24, 2.45) is 5.73 Å². The predicted molar refractivity (Wildman–Crippen MR) is 75.6 cm³/mol. The molecule has 2 aromatic rings. The Hall–Kier alpha value is -2.27. The summed E-state index contributed by atoms with van der Waals surface area (Å²) in [6.45, 7) is 1.84. The molecule has 20 heavy (non-hydrogen) atoms. The van der Waals surface area contributed by atoms with Crippen LogP contribution in [0, 0.1) is 12.7 Å². The third kappa shape index (κ3) is 2.83. The van der Waals surface area contributed by atoms with Crippen LogP contribution in [-0.2, 0) is 0 Å². The fraction of sp³-hybridized carbons (Fsp3) is 0.0714. The van der Waals surface area contributed by atoms with Gasteiger partial charge in [-0.15, -0.1) is 0 Å². The predicted octanol–water partition coefficient (Wildman–Crippen LogP) is 3.26. The highest BCUT2D eigenvalue weighted by Crippen LogP contribution is 2.33. The molecular formula is C14H12ClFN2O2. The number of halogens is 2. The van der Waals surface area contributed by atoms with Crippen molar-refractivity contribution in [2.75, 3.05) is 5.73 Å². The number of ether oxygens (including phenoxy) is 1. The van der Waals surface area contributed by atoms with E-state index in [1.165, 1.54) is 0 Å². The number of carbonyl (C=O) groups is 1. The summed E-state index contributed by atoms with van der Waals surface area (Å²) in [6.07, 6.45) is 0. The lowest BCUT2D eigenvalue weighted by Crippen LogP contribution is -2.14. The normalized spacial score (nSPS) is 10.3. The second-order valence-electron chi connectivity index (χ2n) is 4.27. The number of hydrogen-bond donors (Lipinski definition) is 2. The van der Waals surface area contributed by atoms with Crippen molar-refractivity contribution in [1.82, 2.24) is 0 Å². The first-order valence-electron chi connectivity index (χ1n) is 5.71. The quantitative estimate of drug-likeness (QED) is 0.853. The number of aryl methyl sites for hydroxylation is 1. The van der Waals surface area contributed by atoms with Crippen molar-refractivity contribution in [3.63, 3.8) is 0 Å². The summed E-state index contributed by atoms with van der Waals surface area (Å²) in [6, 6.07) is 7.23. The van der Waals surface area contributed by atoms with E-state index in [1.807, 2.05) is 6.92 Å². The van der Waals surface area contributed by atoms with Gasteiger partial charge in [0.1, 0.15) is 5.75 Å². The zero-order chi connectivity index (χ0) is 14.9. The highest BCUT2D eigenvalue weighted by atomic mass is 35.5. The number of carbonyl (C=O) groups excluding carboxylic acids is 1. The minimum atomic E-state index is -0.761. The van der Waals surface area contributed by atoms with E-state index in [0.717, 1.165) is 17.7 Å². The van der Waals surface area contributed by atoms with Gasteiger partial charge < -0.3 is 16.2 Å². The van der Waals surface area contributed by atoms with Gasteiger partial charge in [0.2, 0.25) is 0 Å². The first kappa shape index (κ1) is 14.1. The lowest BCUT2D eigenvalue weighted by Gasteiger charge is -2.11. The average molecular weight is 295 g/mol. The van der Waals surface area contributed by atoms with Gasteiger partial charge in [-0.2, -0.15) is 0 Å². The Morgan fingerprint density at radius 2 is 1.95 bits per heavy atom. The third-order valence-electron chi connectivity index (χ3n) is 2.68. The van der Waals surface area contributed by atoms with Crippen molar-refractivity contribution in [3.8, 4) is 11.5 Å². The van der Waals surface area contributed by atoms with Crippen LogP contribution in [0.5, 0.6) is 11.5 Å². The molecule has 0 bridgehead atoms. The fourth-order valence-electron chi connectivity index (χ4n) is 1.67. The maximum absolute atomic E-state index is 13.8. The molecule has 0 spiro atoms. The van der Waals surface area contributed by atoms with Gasteiger partial charge >= 0.3 is 0 Å². The number of rotatable bonds is 3. The first-order valence-corrected chi connectivity index (χ1v) is 6.09. The molecule has 2 aromatic carbocycles. The monoisotopic (exact) mass is 294 g/mol. The molecule has 104 valence electrons. The van der Waals surface area contributed by atoms with Crippen molar-refractivity contribution in [1.29, 1.82) is 0 Å². The maximum atomic E-state index is 13.8. The second-order valence-corrected chi connectivity index (χ2v) is 4.68. The molecule has 6 heteroatoms. The van der Waals surface area contributed by atoms with Gasteiger partial charge in [0.15, 0.2) is 11.6 Å². The maximum Gasteiger partial charge on any atom is 0.250 e. The summed E-state index contributed by atoms with van der Waals surface area (Å²) in [5, 5.41) is 0.326. The average Bonchev–Trinajstić information content (AvgIpc) is 2.36. The summed E-state index contributed by atoms with van der Waals surface area (Å²) in [4.78, 5) is 11.2. The van der Waals surface area contributed by atoms with Gasteiger partial charge in [-0.1, -0.05) is 17.7 Å². The Bertz CT molecular complexity index is 689. The first-order chi connectivity index (χ1) is 9.38. The number of benzene rings is 2. The number of nitrogen functional groups attached to an aromatic ring is 1. The van der Waals surface area contributed by atoms with Gasteiger partial charge in [-0.25, -0.2) is 4.39 Å². The molecule has 0 aliphatic carbocycles. The van der Waals surface area contributed by atoms with Crippen LogP contribution in [0.4, 0.5) is 10.1 Å². The number of nitrogens with two attached hydrogens (primary N) is 2. The summed E-state index contributed by atoms with van der Waals surface area (Å²) < 4.78 is 19.2. The molecule has 0 fully saturated rings. The number of amides is 1. The highest BCUT2D eigenvalue weighted by molar-refractivity contribution is 6.32. The SMILES string of the molecule is Cc1ccc(Cl)c(Oc2cc(C(N)=O)c(N)cc2F)c1. The van der Waals surface area contributed by atoms with Crippen LogP contribution < -0.4 is 16.2 Å². The second kappa shape index (κ2) is 5.38. The molecule has 0 aromatic heterocycles. The van der Waals surface area contributed by atoms with Crippen LogP contribution in [0.2, 0.25) is 5.02 Å². The molecule has 4 nitrogen and oxygen atoms in total. The molecule has 1 amide bonds. The van der Waals surface area contributed by atoms with Gasteiger partial charge in [-0.3, -0.25) is 4.79 Å². The lowest BCUT2D eigenvalue weighted by atomic mass is 10.1. The van der Waals surface area contributed by atoms with Crippen LogP contribution in [0.1, 0.15) is 15.9 Å². The van der Waals surface area contributed by atoms with E-state index in [4.69, 9.17) is 27.8 Å². The summed E-state index contributed by atoms with van der Waals surface area (Å²) in [7, 11) is 0. The molecule has 0 saturated heterocycles. The van der Waals surface area contributed by atoms with Crippen LogP contribution in [-0.4, -0.2) is 5.91 Å². The number of hydrogen-bond acceptors (Lipinski definition) is 3. The van der Waals surface area contributed by atoms with E-state index >= 15 is 0 Å². The van der Waals surface area contributed by atoms with Crippen LogP contribution in [0.25, 0.3) is 0 Å². The van der Waals surface area contributed by atoms with Crippen molar-refractivity contribution >= 4 is 23.2 Å². The minimum absolute atomic E-state index is 0.00910. The Kier molecular flexibility index (Phi) is 3.81. The minimum Gasteiger partial charge on any atom is -0.453 e. The Balaban J connectivity index is 2.45. The van der Waals surface area contributed by atoms with Gasteiger partial charge in [0, 0.05) is 11.8 Å². The zero-order valence-corrected chi connectivity index (χ0v) is 11.4. The fourth-order valence-corrected chi connectivity index (χ4v) is 1.82. The molecule has 0 aliphatic rings. The van der Waals surface area contributed by atoms with E-state index in [-0.39, 0.29) is 22.7 Å². The van der Waals surface area contributed by atoms with Gasteiger partial charge in [-0.05, 0) is 30.7 Å². The molecule has 0 radical (unpaired) electrons. The van der Waals surface area contributed by atoms with E-state index < -0.39 is 11.7 Å². The van der Waals surface area contributed by atoms with E-state index in [9.17, 15) is 9.18 Å². The van der Waals surface area contributed by atoms with Crippen molar-refractivity contribution in [2.45, 2.75) is 6.92 Å². The topological polar surface area (TPSA) is 78.3 Å². The van der Waals surface area contributed by atoms with Crippen molar-refractivity contribution in [3.05, 3.63) is 52.3 Å². The van der Waals surface area contributed by atoms with Gasteiger partial charge in [0.25, 0.3) is 5.91 Å². The Labute approximate surface area is 120 Å².